The van der Waals surface area contributed by atoms with E-state index in [2.05, 4.69) is 5.32 Å². The zero-order valence-corrected chi connectivity index (χ0v) is 16.2. The van der Waals surface area contributed by atoms with Crippen LogP contribution in [0, 0.1) is 23.0 Å². The summed E-state index contributed by atoms with van der Waals surface area (Å²) in [5.41, 5.74) is 1.16. The summed E-state index contributed by atoms with van der Waals surface area (Å²) in [5.74, 6) is -0.863. The van der Waals surface area contributed by atoms with Crippen LogP contribution in [0.25, 0.3) is 0 Å². The molecule has 9 heteroatoms. The third-order valence-electron chi connectivity index (χ3n) is 4.74. The number of anilines is 1. The highest BCUT2D eigenvalue weighted by Crippen LogP contribution is 2.25. The van der Waals surface area contributed by atoms with Crippen LogP contribution in [-0.4, -0.2) is 36.6 Å². The van der Waals surface area contributed by atoms with Crippen LogP contribution in [0.2, 0.25) is 0 Å². The number of nitrogens with zero attached hydrogens (tertiary/aromatic N) is 2. The van der Waals surface area contributed by atoms with E-state index in [-0.39, 0.29) is 23.0 Å². The van der Waals surface area contributed by atoms with Crippen molar-refractivity contribution in [1.29, 1.82) is 0 Å². The predicted octanol–water partition coefficient (Wildman–Crippen LogP) is 2.94. The third kappa shape index (κ3) is 4.37. The second-order valence-corrected chi connectivity index (χ2v) is 8.75. The van der Waals surface area contributed by atoms with Gasteiger partial charge in [0.15, 0.2) is 0 Å². The topological polar surface area (TPSA) is 110 Å². The van der Waals surface area contributed by atoms with E-state index in [1.807, 2.05) is 6.92 Å². The molecule has 2 aromatic carbocycles. The van der Waals surface area contributed by atoms with Gasteiger partial charge in [-0.05, 0) is 38.0 Å². The molecule has 2 aromatic rings. The molecule has 1 atom stereocenters. The van der Waals surface area contributed by atoms with Crippen LogP contribution >= 0.6 is 0 Å². The normalized spacial score (nSPS) is 17.8. The van der Waals surface area contributed by atoms with Gasteiger partial charge < -0.3 is 5.32 Å². The summed E-state index contributed by atoms with van der Waals surface area (Å²) in [6.45, 7) is 2.32. The number of carbonyl (C=O) groups excluding carboxylic acids is 1. The molecule has 0 aromatic heterocycles. The van der Waals surface area contributed by atoms with Gasteiger partial charge in [-0.3, -0.25) is 14.9 Å². The predicted molar refractivity (Wildman–Crippen MR) is 104 cm³/mol. The number of nitro benzene ring substituents is 1. The molecule has 0 saturated carbocycles. The van der Waals surface area contributed by atoms with Gasteiger partial charge in [0.2, 0.25) is 15.9 Å². The summed E-state index contributed by atoms with van der Waals surface area (Å²) in [5, 5.41) is 13.5. The molecule has 0 bridgehead atoms. The number of nitro groups is 1. The zero-order valence-electron chi connectivity index (χ0n) is 15.4. The summed E-state index contributed by atoms with van der Waals surface area (Å²) in [4.78, 5) is 23.1. The Hall–Kier alpha value is -2.78. The van der Waals surface area contributed by atoms with Gasteiger partial charge >= 0.3 is 0 Å². The average molecular weight is 403 g/mol. The Morgan fingerprint density at radius 1 is 1.21 bits per heavy atom. The molecule has 0 aliphatic carbocycles. The molecule has 148 valence electrons. The van der Waals surface area contributed by atoms with Gasteiger partial charge in [0.1, 0.15) is 0 Å². The summed E-state index contributed by atoms with van der Waals surface area (Å²) in [6, 6.07) is 12.3. The summed E-state index contributed by atoms with van der Waals surface area (Å²) in [6.07, 6.45) is 1.12. The van der Waals surface area contributed by atoms with Crippen LogP contribution in [0.4, 0.5) is 11.4 Å². The molecule has 1 aliphatic heterocycles. The summed E-state index contributed by atoms with van der Waals surface area (Å²) in [7, 11) is -3.67. The number of rotatable bonds is 5. The quantitative estimate of drug-likeness (QED) is 0.610. The van der Waals surface area contributed by atoms with Crippen LogP contribution in [0.5, 0.6) is 0 Å². The molecular weight excluding hydrogens is 382 g/mol. The maximum absolute atomic E-state index is 12.9. The van der Waals surface area contributed by atoms with E-state index in [9.17, 15) is 23.3 Å². The minimum atomic E-state index is -3.67. The maximum atomic E-state index is 12.9. The lowest BCUT2D eigenvalue weighted by Crippen LogP contribution is -2.43. The number of non-ortho nitro benzene ring substituents is 1. The lowest BCUT2D eigenvalue weighted by Gasteiger charge is -2.31. The first kappa shape index (κ1) is 20.0. The number of nitrogens with one attached hydrogen (secondary N) is 1. The molecule has 1 N–H and O–H groups in total. The number of aryl methyl sites for hydroxylation is 1. The summed E-state index contributed by atoms with van der Waals surface area (Å²) >= 11 is 0. The second kappa shape index (κ2) is 8.07. The van der Waals surface area contributed by atoms with Crippen molar-refractivity contribution in [3.05, 3.63) is 64.2 Å². The van der Waals surface area contributed by atoms with Gasteiger partial charge in [-0.2, -0.15) is 4.31 Å². The first-order chi connectivity index (χ1) is 13.3. The van der Waals surface area contributed by atoms with Gasteiger partial charge in [0, 0.05) is 30.9 Å². The Morgan fingerprint density at radius 2 is 1.93 bits per heavy atom. The SMILES string of the molecule is Cc1ccc(S(=O)(=O)N2CCCC(C(=O)Nc3cccc([N+](=O)[O-])c3)C2)cc1. The monoisotopic (exact) mass is 403 g/mol. The standard InChI is InChI=1S/C19H21N3O5S/c1-14-7-9-18(10-8-14)28(26,27)21-11-3-4-15(13-21)19(23)20-16-5-2-6-17(12-16)22(24)25/h2,5-10,12,15H,3-4,11,13H2,1H3,(H,20,23). The van der Waals surface area contributed by atoms with Crippen LogP contribution < -0.4 is 5.32 Å². The molecule has 0 spiro atoms. The molecule has 1 amide bonds. The Kier molecular flexibility index (Phi) is 5.76. The van der Waals surface area contributed by atoms with E-state index in [4.69, 9.17) is 0 Å². The van der Waals surface area contributed by atoms with E-state index in [1.165, 1.54) is 22.5 Å². The van der Waals surface area contributed by atoms with Crippen molar-refractivity contribution < 1.29 is 18.1 Å². The van der Waals surface area contributed by atoms with Gasteiger partial charge in [0.05, 0.1) is 15.7 Å². The van der Waals surface area contributed by atoms with Crippen LogP contribution in [0.3, 0.4) is 0 Å². The van der Waals surface area contributed by atoms with E-state index in [0.717, 1.165) is 5.56 Å². The first-order valence-corrected chi connectivity index (χ1v) is 10.3. The smallest absolute Gasteiger partial charge is 0.271 e. The molecule has 8 nitrogen and oxygen atoms in total. The molecular formula is C19H21N3O5S. The van der Waals surface area contributed by atoms with Crippen LogP contribution in [-0.2, 0) is 14.8 Å². The number of piperidine rings is 1. The molecule has 28 heavy (non-hydrogen) atoms. The highest BCUT2D eigenvalue weighted by molar-refractivity contribution is 7.89. The average Bonchev–Trinajstić information content (AvgIpc) is 2.68. The lowest BCUT2D eigenvalue weighted by molar-refractivity contribution is -0.384. The minimum absolute atomic E-state index is 0.0803. The van der Waals surface area contributed by atoms with Crippen molar-refractivity contribution in [2.24, 2.45) is 5.92 Å². The van der Waals surface area contributed by atoms with Crippen molar-refractivity contribution in [2.45, 2.75) is 24.7 Å². The van der Waals surface area contributed by atoms with Gasteiger partial charge in [0.25, 0.3) is 5.69 Å². The largest absolute Gasteiger partial charge is 0.326 e. The highest BCUT2D eigenvalue weighted by Gasteiger charge is 2.33. The van der Waals surface area contributed by atoms with Gasteiger partial charge in [-0.15, -0.1) is 0 Å². The Bertz CT molecular complexity index is 989. The maximum Gasteiger partial charge on any atom is 0.271 e. The minimum Gasteiger partial charge on any atom is -0.326 e. The fraction of sp³-hybridized carbons (Fsp3) is 0.316. The van der Waals surface area contributed by atoms with E-state index in [0.29, 0.717) is 25.1 Å². The Balaban J connectivity index is 1.72. The molecule has 1 saturated heterocycles. The fourth-order valence-electron chi connectivity index (χ4n) is 3.18. The lowest BCUT2D eigenvalue weighted by atomic mass is 9.98. The molecule has 1 fully saturated rings. The molecule has 3 rings (SSSR count). The van der Waals surface area contributed by atoms with E-state index < -0.39 is 20.9 Å². The summed E-state index contributed by atoms with van der Waals surface area (Å²) < 4.78 is 27.1. The van der Waals surface area contributed by atoms with Crippen molar-refractivity contribution in [3.63, 3.8) is 0 Å². The Labute approximate surface area is 163 Å². The van der Waals surface area contributed by atoms with E-state index in [1.54, 1.807) is 30.3 Å². The number of amides is 1. The first-order valence-electron chi connectivity index (χ1n) is 8.89. The van der Waals surface area contributed by atoms with Gasteiger partial charge in [-0.25, -0.2) is 8.42 Å². The zero-order chi connectivity index (χ0) is 20.3. The Morgan fingerprint density at radius 3 is 2.61 bits per heavy atom. The number of hydrogen-bond donors (Lipinski definition) is 1. The fourth-order valence-corrected chi connectivity index (χ4v) is 4.70. The molecule has 1 unspecified atom stereocenters. The number of benzene rings is 2. The number of carbonyl (C=O) groups is 1. The van der Waals surface area contributed by atoms with Crippen molar-refractivity contribution in [3.8, 4) is 0 Å². The van der Waals surface area contributed by atoms with E-state index >= 15 is 0 Å². The number of sulfonamides is 1. The second-order valence-electron chi connectivity index (χ2n) is 6.81. The third-order valence-corrected chi connectivity index (χ3v) is 6.62. The highest BCUT2D eigenvalue weighted by atomic mass is 32.2. The molecule has 0 radical (unpaired) electrons. The van der Waals surface area contributed by atoms with Crippen molar-refractivity contribution in [2.75, 3.05) is 18.4 Å². The molecule has 1 aliphatic rings. The molecule has 1 heterocycles. The van der Waals surface area contributed by atoms with Crippen molar-refractivity contribution >= 4 is 27.3 Å². The van der Waals surface area contributed by atoms with Gasteiger partial charge in [-0.1, -0.05) is 23.8 Å². The van der Waals surface area contributed by atoms with Crippen LogP contribution in [0.1, 0.15) is 18.4 Å². The number of hydrogen-bond acceptors (Lipinski definition) is 5. The van der Waals surface area contributed by atoms with Crippen molar-refractivity contribution in [1.82, 2.24) is 4.31 Å². The van der Waals surface area contributed by atoms with Crippen LogP contribution in [0.15, 0.2) is 53.4 Å².